The summed E-state index contributed by atoms with van der Waals surface area (Å²) in [4.78, 5) is 7.70. The molecule has 0 radical (unpaired) electrons. The van der Waals surface area contributed by atoms with E-state index in [0.29, 0.717) is 0 Å². The Bertz CT molecular complexity index is 9450. The van der Waals surface area contributed by atoms with E-state index < -0.39 is 10.8 Å². The number of hydrogen-bond acceptors (Lipinski definition) is 4. The van der Waals surface area contributed by atoms with Crippen LogP contribution in [0.4, 0.5) is 28.4 Å². The van der Waals surface area contributed by atoms with Gasteiger partial charge < -0.3 is 23.9 Å². The van der Waals surface area contributed by atoms with Crippen LogP contribution in [-0.4, -0.2) is 13.7 Å². The second-order valence-electron chi connectivity index (χ2n) is 36.7. The summed E-state index contributed by atoms with van der Waals surface area (Å²) in [5.41, 5.74) is 31.2. The molecule has 0 atom stereocenters. The van der Waals surface area contributed by atoms with E-state index in [-0.39, 0.29) is 7.43 Å². The van der Waals surface area contributed by atoms with Gasteiger partial charge in [0.1, 0.15) is 0 Å². The molecular formula is C133H89BrClN5S2. The molecular weight excluding hydrogens is 1850 g/mol. The molecule has 0 unspecified atom stereocenters. The Labute approximate surface area is 845 Å². The third-order valence-electron chi connectivity index (χ3n) is 29.1. The van der Waals surface area contributed by atoms with Crippen LogP contribution in [0.2, 0.25) is 5.02 Å². The van der Waals surface area contributed by atoms with E-state index in [1.54, 1.807) is 0 Å². The summed E-state index contributed by atoms with van der Waals surface area (Å²) < 4.78 is 8.16. The van der Waals surface area contributed by atoms with Gasteiger partial charge in [0.25, 0.3) is 0 Å². The zero-order chi connectivity index (χ0) is 93.4. The van der Waals surface area contributed by atoms with Crippen molar-refractivity contribution in [1.82, 2.24) is 13.7 Å². The van der Waals surface area contributed by atoms with Crippen molar-refractivity contribution in [2.24, 2.45) is 0 Å². The molecule has 0 amide bonds. The number of aromatic nitrogens is 3. The van der Waals surface area contributed by atoms with Crippen molar-refractivity contribution in [2.45, 2.75) is 37.8 Å². The van der Waals surface area contributed by atoms with E-state index >= 15 is 0 Å². The van der Waals surface area contributed by atoms with Gasteiger partial charge in [-0.05, 0) is 292 Å². The van der Waals surface area contributed by atoms with E-state index in [4.69, 9.17) is 11.6 Å². The second-order valence-corrected chi connectivity index (χ2v) is 40.3. The number of nitrogens with zero attached hydrogens (tertiary/aromatic N) is 4. The SMILES string of the molecule is Brc1ccc2c(c1)c1ccccc1n2-c1ccccc1.C.Clc1ccc2c(c1)C1(c3ccccc3Sc3ccccc31)c1cccc3cccc-2c13.c1ccc(-n2c3ccccc3c3cc(N(c4ccc5c(c4)C4(c6ccccc6Sc6ccccc64)c4cccc6cccc-5c46)c4ccc5ccccc5c4)ccc32)cc1.c1ccc(-n2c3ccccc3c3cc(Nc4ccc5ccccc5c4)ccc32)cc1. The fourth-order valence-corrected chi connectivity index (χ4v) is 26.2. The van der Waals surface area contributed by atoms with Crippen molar-refractivity contribution in [3.63, 3.8) is 0 Å². The van der Waals surface area contributed by atoms with Crippen LogP contribution in [0.1, 0.15) is 51.9 Å². The summed E-state index contributed by atoms with van der Waals surface area (Å²) in [5.74, 6) is 0. The van der Waals surface area contributed by atoms with Gasteiger partial charge in [-0.3, -0.25) is 0 Å². The second kappa shape index (κ2) is 35.2. The van der Waals surface area contributed by atoms with Gasteiger partial charge in [0, 0.05) is 107 Å². The van der Waals surface area contributed by atoms with Crippen molar-refractivity contribution in [1.29, 1.82) is 0 Å². The summed E-state index contributed by atoms with van der Waals surface area (Å²) in [6, 6.07) is 185. The van der Waals surface area contributed by atoms with Crippen molar-refractivity contribution >= 4 is 188 Å². The van der Waals surface area contributed by atoms with Crippen LogP contribution >= 0.6 is 51.1 Å². The lowest BCUT2D eigenvalue weighted by atomic mass is 9.59. The molecule has 142 heavy (non-hydrogen) atoms. The van der Waals surface area contributed by atoms with Crippen molar-refractivity contribution in [3.8, 4) is 39.3 Å². The number of rotatable bonds is 8. The van der Waals surface area contributed by atoms with Crippen LogP contribution in [0, 0.1) is 0 Å². The van der Waals surface area contributed by atoms with Crippen LogP contribution in [0.5, 0.6) is 0 Å². The van der Waals surface area contributed by atoms with Crippen molar-refractivity contribution < 1.29 is 0 Å². The molecule has 3 aromatic heterocycles. The van der Waals surface area contributed by atoms with Gasteiger partial charge in [-0.2, -0.15) is 0 Å². The third-order valence-corrected chi connectivity index (χ3v) is 32.2. The van der Waals surface area contributed by atoms with E-state index in [2.05, 4.69) is 537 Å². The molecule has 0 saturated heterocycles. The normalized spacial score (nSPS) is 12.9. The minimum Gasteiger partial charge on any atom is -0.355 e. The average Bonchev–Trinajstić information content (AvgIpc) is 0.741. The Kier molecular flexibility index (Phi) is 21.3. The van der Waals surface area contributed by atoms with Crippen molar-refractivity contribution in [3.05, 3.63) is 564 Å². The Balaban J connectivity index is 0.000000106. The first-order chi connectivity index (χ1) is 69.7. The first-order valence-corrected chi connectivity index (χ1v) is 50.8. The first-order valence-electron chi connectivity index (χ1n) is 47.9. The number of fused-ring (bicyclic) bond motifs is 27. The molecule has 672 valence electrons. The molecule has 30 rings (SSSR count). The zero-order valence-electron chi connectivity index (χ0n) is 76.4. The summed E-state index contributed by atoms with van der Waals surface area (Å²) >= 11 is 14.0. The summed E-state index contributed by atoms with van der Waals surface area (Å²) in [6.45, 7) is 0. The Morgan fingerprint density at radius 1 is 0.225 bits per heavy atom. The van der Waals surface area contributed by atoms with Crippen molar-refractivity contribution in [2.75, 3.05) is 10.2 Å². The highest BCUT2D eigenvalue weighted by atomic mass is 79.9. The van der Waals surface area contributed by atoms with Gasteiger partial charge >= 0.3 is 0 Å². The van der Waals surface area contributed by atoms with Gasteiger partial charge in [-0.25, -0.2) is 0 Å². The number of hydrogen-bond donors (Lipinski definition) is 1. The Morgan fingerprint density at radius 2 is 0.556 bits per heavy atom. The van der Waals surface area contributed by atoms with Crippen LogP contribution in [0.15, 0.2) is 534 Å². The van der Waals surface area contributed by atoms with Crippen LogP contribution in [0.25, 0.3) is 148 Å². The highest BCUT2D eigenvalue weighted by Crippen LogP contribution is 2.65. The first kappa shape index (κ1) is 85.9. The van der Waals surface area contributed by atoms with E-state index in [1.807, 2.05) is 35.7 Å². The van der Waals surface area contributed by atoms with Crippen LogP contribution in [0.3, 0.4) is 0 Å². The fourth-order valence-electron chi connectivity index (χ4n) is 23.3. The molecule has 0 fully saturated rings. The zero-order valence-corrected chi connectivity index (χ0v) is 80.3. The molecule has 5 nitrogen and oxygen atoms in total. The molecule has 0 saturated carbocycles. The monoisotopic (exact) mass is 1930 g/mol. The highest BCUT2D eigenvalue weighted by Gasteiger charge is 2.51. The van der Waals surface area contributed by atoms with Gasteiger partial charge in [-0.1, -0.05) is 386 Å². The predicted molar refractivity (Wildman–Crippen MR) is 606 cm³/mol. The number of halogens is 2. The summed E-state index contributed by atoms with van der Waals surface area (Å²) in [5, 5.41) is 22.1. The van der Waals surface area contributed by atoms with Crippen LogP contribution in [-0.2, 0) is 10.8 Å². The molecule has 26 aromatic rings. The standard InChI is InChI=1S/C57H36N2S.C29H17ClS.C28H20N2.C18H12BrN.CH4/c1-2-18-40(19-3-1)59-52-25-9-6-20-45(52)47-35-42(31-33-53(47)59)58(41-29-28-37-14-4-5-15-39(37)34-41)43-30-32-44-46-21-12-16-38-17-13-24-50(56(38)46)57(51(44)36-43)48-22-7-10-26-54(48)60-55-27-11-8-23-49(55)57;30-19-15-16-20-21-9-5-7-18-8-6-12-24(28(18)21)29(25(20)17-19)22-10-1-3-13-26(22)31-27-14-4-2-11-23(27)29;1-2-10-24(11-3-1)30-27-13-7-6-12-25(27)26-19-23(16-17-28(26)30)29-22-15-14-20-8-4-5-9-21(20)18-22;19-13-10-11-18-16(12-13)15-8-4-5-9-17(15)20(18)14-6-2-1-3-7-14;/h1-36H;1-17H;1-19,29H;1-12H;1H4. The molecule has 2 spiro atoms. The maximum atomic E-state index is 6.66. The maximum Gasteiger partial charge on any atom is 0.0736 e. The molecule has 4 aliphatic rings. The largest absolute Gasteiger partial charge is 0.355 e. The molecule has 9 heteroatoms. The smallest absolute Gasteiger partial charge is 0.0736 e. The molecule has 1 N–H and O–H groups in total. The molecule has 0 bridgehead atoms. The molecule has 5 heterocycles. The Morgan fingerprint density at radius 3 is 1.06 bits per heavy atom. The summed E-state index contributed by atoms with van der Waals surface area (Å²) in [7, 11) is 0. The molecule has 2 aliphatic carbocycles. The number of para-hydroxylation sites is 6. The lowest BCUT2D eigenvalue weighted by Gasteiger charge is -2.46. The topological polar surface area (TPSA) is 30.1 Å². The van der Waals surface area contributed by atoms with E-state index in [9.17, 15) is 0 Å². The minimum absolute atomic E-state index is 0. The fraction of sp³-hybridized carbons (Fsp3) is 0.0226. The Hall–Kier alpha value is -16.4. The van der Waals surface area contributed by atoms with Gasteiger partial charge in [-0.15, -0.1) is 0 Å². The third kappa shape index (κ3) is 13.9. The number of nitrogens with one attached hydrogen (secondary N) is 1. The van der Waals surface area contributed by atoms with E-state index in [0.717, 1.165) is 43.6 Å². The van der Waals surface area contributed by atoms with Gasteiger partial charge in [0.05, 0.1) is 43.9 Å². The summed E-state index contributed by atoms with van der Waals surface area (Å²) in [6.07, 6.45) is 0. The van der Waals surface area contributed by atoms with Crippen LogP contribution < -0.4 is 10.2 Å². The highest BCUT2D eigenvalue weighted by molar-refractivity contribution is 9.10. The minimum atomic E-state index is -0.542. The lowest BCUT2D eigenvalue weighted by Crippen LogP contribution is -2.36. The number of anilines is 5. The lowest BCUT2D eigenvalue weighted by molar-refractivity contribution is 0.707. The number of benzene rings is 23. The molecule has 23 aromatic carbocycles. The van der Waals surface area contributed by atoms with Gasteiger partial charge in [0.2, 0.25) is 0 Å². The van der Waals surface area contributed by atoms with E-state index in [1.165, 1.54) is 206 Å². The molecule has 2 aliphatic heterocycles. The predicted octanol–water partition coefficient (Wildman–Crippen LogP) is 37.6. The maximum absolute atomic E-state index is 6.66. The quantitative estimate of drug-likeness (QED) is 0.164. The average molecular weight is 1940 g/mol. The van der Waals surface area contributed by atoms with Gasteiger partial charge in [0.15, 0.2) is 0 Å².